The Balaban J connectivity index is 1.60. The standard InChI is InChI=1S/C18H14FN3OS/c19-12-5-7-13(8-6-12)22-17(23)16(21-18(22)24)9-11-10-20-15-4-2-1-3-14(11)15/h1-8,10,16,20H,9H2,(H,21,24)/t16-/m0/s1. The highest BCUT2D eigenvalue weighted by Gasteiger charge is 2.36. The molecule has 3 aromatic rings. The van der Waals surface area contributed by atoms with Crippen molar-refractivity contribution in [3.8, 4) is 0 Å². The van der Waals surface area contributed by atoms with Crippen LogP contribution in [-0.4, -0.2) is 22.0 Å². The number of thiocarbonyl (C=S) groups is 1. The lowest BCUT2D eigenvalue weighted by atomic mass is 10.0. The number of hydrogen-bond donors (Lipinski definition) is 2. The number of amides is 1. The molecule has 120 valence electrons. The third-order valence-corrected chi connectivity index (χ3v) is 4.50. The highest BCUT2D eigenvalue weighted by Crippen LogP contribution is 2.24. The Morgan fingerprint density at radius 1 is 1.12 bits per heavy atom. The third kappa shape index (κ3) is 2.45. The van der Waals surface area contributed by atoms with Crippen molar-refractivity contribution in [3.05, 3.63) is 66.1 Å². The largest absolute Gasteiger partial charge is 0.361 e. The van der Waals surface area contributed by atoms with Crippen LogP contribution in [0.5, 0.6) is 0 Å². The van der Waals surface area contributed by atoms with Crippen LogP contribution < -0.4 is 10.2 Å². The van der Waals surface area contributed by atoms with E-state index in [1.54, 1.807) is 12.1 Å². The van der Waals surface area contributed by atoms with Crippen LogP contribution >= 0.6 is 12.2 Å². The van der Waals surface area contributed by atoms with E-state index < -0.39 is 6.04 Å². The van der Waals surface area contributed by atoms with E-state index >= 15 is 0 Å². The Labute approximate surface area is 143 Å². The van der Waals surface area contributed by atoms with E-state index in [-0.39, 0.29) is 11.7 Å². The summed E-state index contributed by atoms with van der Waals surface area (Å²) in [5.74, 6) is -0.475. The number of carbonyl (C=O) groups excluding carboxylic acids is 1. The predicted octanol–water partition coefficient (Wildman–Crippen LogP) is 3.14. The van der Waals surface area contributed by atoms with Crippen LogP contribution in [-0.2, 0) is 11.2 Å². The van der Waals surface area contributed by atoms with Crippen molar-refractivity contribution in [1.82, 2.24) is 10.3 Å². The molecule has 0 radical (unpaired) electrons. The van der Waals surface area contributed by atoms with Gasteiger partial charge in [0.25, 0.3) is 5.91 Å². The molecule has 1 aliphatic heterocycles. The molecule has 0 saturated carbocycles. The summed E-state index contributed by atoms with van der Waals surface area (Å²) < 4.78 is 13.1. The summed E-state index contributed by atoms with van der Waals surface area (Å²) in [6, 6.07) is 13.3. The molecule has 4 rings (SSSR count). The van der Waals surface area contributed by atoms with E-state index in [0.717, 1.165) is 16.5 Å². The fourth-order valence-corrected chi connectivity index (χ4v) is 3.36. The van der Waals surface area contributed by atoms with Gasteiger partial charge in [-0.25, -0.2) is 4.39 Å². The first-order valence-electron chi connectivity index (χ1n) is 7.58. The lowest BCUT2D eigenvalue weighted by Gasteiger charge is -2.14. The second-order valence-corrected chi connectivity index (χ2v) is 6.10. The minimum absolute atomic E-state index is 0.128. The molecule has 6 heteroatoms. The molecule has 1 saturated heterocycles. The number of hydrogen-bond acceptors (Lipinski definition) is 2. The molecule has 1 aliphatic rings. The SMILES string of the molecule is O=C1[C@H](Cc2c[nH]c3ccccc23)NC(=S)N1c1ccc(F)cc1. The van der Waals surface area contributed by atoms with Gasteiger partial charge in [-0.3, -0.25) is 9.69 Å². The summed E-state index contributed by atoms with van der Waals surface area (Å²) in [6.45, 7) is 0. The molecule has 0 aliphatic carbocycles. The zero-order valence-electron chi connectivity index (χ0n) is 12.6. The average Bonchev–Trinajstić information content (AvgIpc) is 3.11. The first kappa shape index (κ1) is 14.8. The number of halogens is 1. The number of nitrogens with zero attached hydrogens (tertiary/aromatic N) is 1. The van der Waals surface area contributed by atoms with Crippen molar-refractivity contribution in [2.24, 2.45) is 0 Å². The van der Waals surface area contributed by atoms with Gasteiger partial charge in [0.1, 0.15) is 11.9 Å². The van der Waals surface area contributed by atoms with Gasteiger partial charge in [0, 0.05) is 23.5 Å². The number of carbonyl (C=O) groups is 1. The summed E-state index contributed by atoms with van der Waals surface area (Å²) in [5.41, 5.74) is 2.66. The van der Waals surface area contributed by atoms with Crippen molar-refractivity contribution >= 4 is 39.8 Å². The van der Waals surface area contributed by atoms with Crippen LogP contribution in [0.2, 0.25) is 0 Å². The zero-order valence-corrected chi connectivity index (χ0v) is 13.4. The van der Waals surface area contributed by atoms with Gasteiger partial charge in [0.15, 0.2) is 5.11 Å². The highest BCUT2D eigenvalue weighted by atomic mass is 32.1. The lowest BCUT2D eigenvalue weighted by molar-refractivity contribution is -0.118. The summed E-state index contributed by atoms with van der Waals surface area (Å²) in [4.78, 5) is 17.4. The maximum Gasteiger partial charge on any atom is 0.256 e. The molecule has 2 aromatic carbocycles. The minimum atomic E-state index is -0.429. The smallest absolute Gasteiger partial charge is 0.256 e. The van der Waals surface area contributed by atoms with Crippen LogP contribution in [0.15, 0.2) is 54.7 Å². The first-order chi connectivity index (χ1) is 11.6. The number of aromatic amines is 1. The van der Waals surface area contributed by atoms with Gasteiger partial charge < -0.3 is 10.3 Å². The number of H-pyrrole nitrogens is 1. The second kappa shape index (κ2) is 5.72. The molecule has 0 unspecified atom stereocenters. The van der Waals surface area contributed by atoms with Gasteiger partial charge >= 0.3 is 0 Å². The van der Waals surface area contributed by atoms with Gasteiger partial charge in [-0.1, -0.05) is 18.2 Å². The molecule has 24 heavy (non-hydrogen) atoms. The van der Waals surface area contributed by atoms with Crippen LogP contribution in [0.3, 0.4) is 0 Å². The Morgan fingerprint density at radius 2 is 1.88 bits per heavy atom. The summed E-state index contributed by atoms with van der Waals surface area (Å²) >= 11 is 5.29. The molecule has 1 amide bonds. The quantitative estimate of drug-likeness (QED) is 0.721. The van der Waals surface area contributed by atoms with E-state index in [2.05, 4.69) is 10.3 Å². The number of aromatic nitrogens is 1. The molecule has 0 bridgehead atoms. The molecule has 1 atom stereocenters. The number of para-hydroxylation sites is 1. The van der Waals surface area contributed by atoms with Crippen LogP contribution in [0.1, 0.15) is 5.56 Å². The Morgan fingerprint density at radius 3 is 2.67 bits per heavy atom. The molecule has 1 fully saturated rings. The monoisotopic (exact) mass is 339 g/mol. The van der Waals surface area contributed by atoms with E-state index in [1.807, 2.05) is 30.5 Å². The molecular formula is C18H14FN3OS. The number of benzene rings is 2. The topological polar surface area (TPSA) is 48.1 Å². The normalized spacial score (nSPS) is 17.5. The third-order valence-electron chi connectivity index (χ3n) is 4.20. The Bertz CT molecular complexity index is 935. The molecule has 2 N–H and O–H groups in total. The first-order valence-corrected chi connectivity index (χ1v) is 7.99. The average molecular weight is 339 g/mol. The lowest BCUT2D eigenvalue weighted by Crippen LogP contribution is -2.32. The van der Waals surface area contributed by atoms with Gasteiger partial charge in [-0.15, -0.1) is 0 Å². The van der Waals surface area contributed by atoms with E-state index in [1.165, 1.54) is 17.0 Å². The van der Waals surface area contributed by atoms with Crippen molar-refractivity contribution in [2.45, 2.75) is 12.5 Å². The van der Waals surface area contributed by atoms with Gasteiger partial charge in [-0.2, -0.15) is 0 Å². The number of nitrogens with one attached hydrogen (secondary N) is 2. The highest BCUT2D eigenvalue weighted by molar-refractivity contribution is 7.80. The summed E-state index contributed by atoms with van der Waals surface area (Å²) in [6.07, 6.45) is 2.45. The van der Waals surface area contributed by atoms with Crippen molar-refractivity contribution in [3.63, 3.8) is 0 Å². The van der Waals surface area contributed by atoms with E-state index in [4.69, 9.17) is 12.2 Å². The second-order valence-electron chi connectivity index (χ2n) is 5.72. The number of rotatable bonds is 3. The van der Waals surface area contributed by atoms with Crippen molar-refractivity contribution in [1.29, 1.82) is 0 Å². The van der Waals surface area contributed by atoms with Crippen LogP contribution in [0.4, 0.5) is 10.1 Å². The molecule has 0 spiro atoms. The molecule has 2 heterocycles. The molecule has 4 nitrogen and oxygen atoms in total. The van der Waals surface area contributed by atoms with Gasteiger partial charge in [0.2, 0.25) is 0 Å². The van der Waals surface area contributed by atoms with Crippen LogP contribution in [0, 0.1) is 5.82 Å². The van der Waals surface area contributed by atoms with Crippen molar-refractivity contribution < 1.29 is 9.18 Å². The minimum Gasteiger partial charge on any atom is -0.361 e. The van der Waals surface area contributed by atoms with E-state index in [0.29, 0.717) is 17.2 Å². The Kier molecular flexibility index (Phi) is 3.54. The van der Waals surface area contributed by atoms with Crippen molar-refractivity contribution in [2.75, 3.05) is 4.90 Å². The maximum atomic E-state index is 13.1. The molecule has 1 aromatic heterocycles. The Hall–Kier alpha value is -2.73. The fraction of sp³-hybridized carbons (Fsp3) is 0.111. The summed E-state index contributed by atoms with van der Waals surface area (Å²) in [7, 11) is 0. The van der Waals surface area contributed by atoms with Gasteiger partial charge in [-0.05, 0) is 48.1 Å². The summed E-state index contributed by atoms with van der Waals surface area (Å²) in [5, 5.41) is 4.51. The number of anilines is 1. The zero-order chi connectivity index (χ0) is 16.7. The van der Waals surface area contributed by atoms with Crippen LogP contribution in [0.25, 0.3) is 10.9 Å². The maximum absolute atomic E-state index is 13.1. The fourth-order valence-electron chi connectivity index (χ4n) is 3.02. The predicted molar refractivity (Wildman–Crippen MR) is 95.4 cm³/mol. The van der Waals surface area contributed by atoms with E-state index in [9.17, 15) is 9.18 Å². The van der Waals surface area contributed by atoms with Gasteiger partial charge in [0.05, 0.1) is 5.69 Å². The number of fused-ring (bicyclic) bond motifs is 1. The molecular weight excluding hydrogens is 325 g/mol.